The molecule has 1 atom stereocenters. The van der Waals surface area contributed by atoms with Crippen molar-refractivity contribution in [3.8, 4) is 6.07 Å². The van der Waals surface area contributed by atoms with E-state index in [4.69, 9.17) is 0 Å². The Labute approximate surface area is 122 Å². The maximum Gasteiger partial charge on any atom is 0.194 e. The summed E-state index contributed by atoms with van der Waals surface area (Å²) in [5.41, 5.74) is -1.13. The third-order valence-corrected chi connectivity index (χ3v) is 4.31. The lowest BCUT2D eigenvalue weighted by Crippen LogP contribution is -2.29. The zero-order valence-corrected chi connectivity index (χ0v) is 11.7. The first-order valence-corrected chi connectivity index (χ1v) is 7.24. The molecule has 0 radical (unpaired) electrons. The number of halogens is 3. The smallest absolute Gasteiger partial charge is 0.194 e. The molecule has 2 rings (SSSR count). The Kier molecular flexibility index (Phi) is 4.89. The minimum atomic E-state index is -1.56. The Morgan fingerprint density at radius 2 is 1.48 bits per heavy atom. The highest BCUT2D eigenvalue weighted by molar-refractivity contribution is 5.25. The van der Waals surface area contributed by atoms with E-state index in [1.54, 1.807) is 0 Å². The Hall–Kier alpha value is -1.54. The second-order valence-electron chi connectivity index (χ2n) is 5.74. The van der Waals surface area contributed by atoms with Crippen LogP contribution in [0.3, 0.4) is 0 Å². The first kappa shape index (κ1) is 15.8. The summed E-state index contributed by atoms with van der Waals surface area (Å²) >= 11 is 0. The number of aliphatic hydroxyl groups excluding tert-OH is 1. The Bertz CT molecular complexity index is 522. The van der Waals surface area contributed by atoms with Gasteiger partial charge in [0.1, 0.15) is 0 Å². The zero-order valence-electron chi connectivity index (χ0n) is 11.7. The van der Waals surface area contributed by atoms with Gasteiger partial charge < -0.3 is 5.11 Å². The van der Waals surface area contributed by atoms with Gasteiger partial charge in [0.2, 0.25) is 0 Å². The standard InChI is InChI=1S/C16H18F3NO/c17-12-8-11(9-13(18)14(12)19)15(21)16(10-20)6-4-2-1-3-5-7-16/h8-9,15,21H,1-7H2. The van der Waals surface area contributed by atoms with Crippen molar-refractivity contribution in [1.82, 2.24) is 0 Å². The van der Waals surface area contributed by atoms with Gasteiger partial charge in [-0.25, -0.2) is 13.2 Å². The highest BCUT2D eigenvalue weighted by Gasteiger charge is 2.39. The SMILES string of the molecule is N#CC1(C(O)c2cc(F)c(F)c(F)c2)CCCCCCC1. The van der Waals surface area contributed by atoms with E-state index < -0.39 is 29.0 Å². The van der Waals surface area contributed by atoms with E-state index in [9.17, 15) is 23.5 Å². The quantitative estimate of drug-likeness (QED) is 0.823. The molecule has 0 saturated heterocycles. The third kappa shape index (κ3) is 3.21. The predicted octanol–water partition coefficient (Wildman–Crippen LogP) is 4.39. The van der Waals surface area contributed by atoms with Gasteiger partial charge in [0, 0.05) is 0 Å². The lowest BCUT2D eigenvalue weighted by molar-refractivity contribution is 0.0428. The average molecular weight is 297 g/mol. The summed E-state index contributed by atoms with van der Waals surface area (Å²) in [5, 5.41) is 20.0. The molecular formula is C16H18F3NO. The van der Waals surface area contributed by atoms with E-state index in [0.29, 0.717) is 12.8 Å². The molecule has 1 unspecified atom stereocenters. The van der Waals surface area contributed by atoms with Crippen molar-refractivity contribution in [1.29, 1.82) is 5.26 Å². The molecule has 1 N–H and O–H groups in total. The largest absolute Gasteiger partial charge is 0.387 e. The maximum absolute atomic E-state index is 13.3. The van der Waals surface area contributed by atoms with Gasteiger partial charge in [-0.05, 0) is 30.5 Å². The van der Waals surface area contributed by atoms with Crippen LogP contribution in [0.2, 0.25) is 0 Å². The highest BCUT2D eigenvalue weighted by Crippen LogP contribution is 2.44. The van der Waals surface area contributed by atoms with Gasteiger partial charge >= 0.3 is 0 Å². The number of benzene rings is 1. The highest BCUT2D eigenvalue weighted by atomic mass is 19.2. The van der Waals surface area contributed by atoms with Crippen molar-refractivity contribution in [2.75, 3.05) is 0 Å². The Balaban J connectivity index is 2.35. The topological polar surface area (TPSA) is 44.0 Å². The van der Waals surface area contributed by atoms with Crippen LogP contribution in [-0.4, -0.2) is 5.11 Å². The summed E-state index contributed by atoms with van der Waals surface area (Å²) in [6, 6.07) is 3.71. The number of nitrogens with zero attached hydrogens (tertiary/aromatic N) is 1. The van der Waals surface area contributed by atoms with Crippen molar-refractivity contribution in [3.05, 3.63) is 35.1 Å². The van der Waals surface area contributed by atoms with Crippen molar-refractivity contribution in [3.63, 3.8) is 0 Å². The fourth-order valence-electron chi connectivity index (χ4n) is 3.03. The van der Waals surface area contributed by atoms with Crippen LogP contribution in [0.25, 0.3) is 0 Å². The van der Waals surface area contributed by atoms with E-state index >= 15 is 0 Å². The van der Waals surface area contributed by atoms with Gasteiger partial charge in [0.15, 0.2) is 17.5 Å². The predicted molar refractivity (Wildman–Crippen MR) is 71.6 cm³/mol. The van der Waals surface area contributed by atoms with Crippen LogP contribution in [-0.2, 0) is 0 Å². The molecule has 0 heterocycles. The van der Waals surface area contributed by atoms with Crippen LogP contribution in [0.5, 0.6) is 0 Å². The molecule has 0 aliphatic heterocycles. The number of aliphatic hydroxyl groups is 1. The number of hydrogen-bond acceptors (Lipinski definition) is 2. The molecule has 5 heteroatoms. The van der Waals surface area contributed by atoms with Crippen molar-refractivity contribution in [2.45, 2.75) is 51.0 Å². The first-order chi connectivity index (χ1) is 10.00. The molecule has 0 bridgehead atoms. The fraction of sp³-hybridized carbons (Fsp3) is 0.562. The van der Waals surface area contributed by atoms with Crippen LogP contribution in [0, 0.1) is 34.2 Å². The monoisotopic (exact) mass is 297 g/mol. The number of nitriles is 1. The van der Waals surface area contributed by atoms with E-state index in [0.717, 1.165) is 44.2 Å². The van der Waals surface area contributed by atoms with Crippen LogP contribution in [0.15, 0.2) is 12.1 Å². The fourth-order valence-corrected chi connectivity index (χ4v) is 3.03. The summed E-state index contributed by atoms with van der Waals surface area (Å²) in [6.07, 6.45) is 4.26. The van der Waals surface area contributed by atoms with Crippen LogP contribution in [0.4, 0.5) is 13.2 Å². The molecule has 1 fully saturated rings. The lowest BCUT2D eigenvalue weighted by atomic mass is 9.71. The summed E-state index contributed by atoms with van der Waals surface area (Å²) in [5.74, 6) is -4.25. The molecule has 1 aliphatic rings. The molecular weight excluding hydrogens is 279 g/mol. The Morgan fingerprint density at radius 3 is 1.95 bits per heavy atom. The van der Waals surface area contributed by atoms with E-state index in [2.05, 4.69) is 6.07 Å². The van der Waals surface area contributed by atoms with Crippen LogP contribution >= 0.6 is 0 Å². The second kappa shape index (κ2) is 6.48. The van der Waals surface area contributed by atoms with Gasteiger partial charge in [-0.3, -0.25) is 0 Å². The van der Waals surface area contributed by atoms with Crippen LogP contribution in [0.1, 0.15) is 56.6 Å². The van der Waals surface area contributed by atoms with Gasteiger partial charge in [-0.2, -0.15) is 5.26 Å². The summed E-state index contributed by atoms with van der Waals surface area (Å²) in [6.45, 7) is 0. The van der Waals surface area contributed by atoms with Crippen molar-refractivity contribution >= 4 is 0 Å². The lowest BCUT2D eigenvalue weighted by Gasteiger charge is -2.33. The normalized spacial score (nSPS) is 20.1. The molecule has 0 aromatic heterocycles. The Morgan fingerprint density at radius 1 is 1.00 bits per heavy atom. The molecule has 0 spiro atoms. The zero-order chi connectivity index (χ0) is 15.5. The van der Waals surface area contributed by atoms with E-state index in [-0.39, 0.29) is 5.56 Å². The molecule has 21 heavy (non-hydrogen) atoms. The van der Waals surface area contributed by atoms with Crippen molar-refractivity contribution in [2.24, 2.45) is 5.41 Å². The van der Waals surface area contributed by atoms with Crippen LogP contribution < -0.4 is 0 Å². The van der Waals surface area contributed by atoms with Gasteiger partial charge in [0.05, 0.1) is 17.6 Å². The summed E-state index contributed by atoms with van der Waals surface area (Å²) in [7, 11) is 0. The van der Waals surface area contributed by atoms with Gasteiger partial charge in [-0.1, -0.05) is 32.1 Å². The molecule has 1 aromatic carbocycles. The number of rotatable bonds is 2. The first-order valence-electron chi connectivity index (χ1n) is 7.24. The molecule has 0 amide bonds. The van der Waals surface area contributed by atoms with E-state index in [1.807, 2.05) is 0 Å². The second-order valence-corrected chi connectivity index (χ2v) is 5.74. The molecule has 2 nitrogen and oxygen atoms in total. The molecule has 114 valence electrons. The minimum Gasteiger partial charge on any atom is -0.387 e. The molecule has 1 aliphatic carbocycles. The van der Waals surface area contributed by atoms with Gasteiger partial charge in [-0.15, -0.1) is 0 Å². The minimum absolute atomic E-state index is 0.0754. The van der Waals surface area contributed by atoms with E-state index in [1.165, 1.54) is 0 Å². The third-order valence-electron chi connectivity index (χ3n) is 4.31. The summed E-state index contributed by atoms with van der Waals surface area (Å²) in [4.78, 5) is 0. The number of hydrogen-bond donors (Lipinski definition) is 1. The average Bonchev–Trinajstić information content (AvgIpc) is 2.44. The van der Waals surface area contributed by atoms with Crippen molar-refractivity contribution < 1.29 is 18.3 Å². The molecule has 1 saturated carbocycles. The molecule has 1 aromatic rings. The van der Waals surface area contributed by atoms with Gasteiger partial charge in [0.25, 0.3) is 0 Å². The maximum atomic E-state index is 13.3. The summed E-state index contributed by atoms with van der Waals surface area (Å²) < 4.78 is 39.7.